The number of hydrogen-bond donors (Lipinski definition) is 2. The molecule has 0 unspecified atom stereocenters. The summed E-state index contributed by atoms with van der Waals surface area (Å²) < 4.78 is 1.62. The number of imidazole rings is 2. The standard InChI is InChI=1S/C15H20N4O/c1-3-4-5-6-7-14-16-10-8-12-13(9-11(10)17-14)19(2)15(20)18-12/h8-9H,3-7H2,1-2H3,(H,16,17)(H,18,20). The van der Waals surface area contributed by atoms with Crippen molar-refractivity contribution in [2.45, 2.75) is 39.0 Å². The van der Waals surface area contributed by atoms with Gasteiger partial charge in [-0.05, 0) is 18.6 Å². The average molecular weight is 272 g/mol. The molecule has 3 aromatic rings. The Bertz CT molecular complexity index is 793. The van der Waals surface area contributed by atoms with Gasteiger partial charge in [-0.1, -0.05) is 26.2 Å². The minimum Gasteiger partial charge on any atom is -0.342 e. The minimum atomic E-state index is -0.0903. The summed E-state index contributed by atoms with van der Waals surface area (Å²) in [7, 11) is 1.77. The Kier molecular flexibility index (Phi) is 3.34. The molecule has 0 amide bonds. The highest BCUT2D eigenvalue weighted by molar-refractivity contribution is 5.91. The van der Waals surface area contributed by atoms with Gasteiger partial charge in [0.1, 0.15) is 5.82 Å². The van der Waals surface area contributed by atoms with Gasteiger partial charge in [0.15, 0.2) is 0 Å². The summed E-state index contributed by atoms with van der Waals surface area (Å²) in [6, 6.07) is 3.93. The van der Waals surface area contributed by atoms with E-state index in [4.69, 9.17) is 0 Å². The van der Waals surface area contributed by atoms with Crippen molar-refractivity contribution >= 4 is 22.1 Å². The number of nitrogens with zero attached hydrogens (tertiary/aromatic N) is 2. The Morgan fingerprint density at radius 1 is 1.15 bits per heavy atom. The Morgan fingerprint density at radius 3 is 2.80 bits per heavy atom. The Morgan fingerprint density at radius 2 is 2.00 bits per heavy atom. The molecule has 5 heteroatoms. The Labute approximate surface area is 117 Å². The first-order valence-electron chi connectivity index (χ1n) is 7.26. The number of nitrogens with one attached hydrogen (secondary N) is 2. The molecule has 2 heterocycles. The topological polar surface area (TPSA) is 66.5 Å². The van der Waals surface area contributed by atoms with E-state index in [2.05, 4.69) is 21.9 Å². The fourth-order valence-electron chi connectivity index (χ4n) is 2.62. The highest BCUT2D eigenvalue weighted by atomic mass is 16.1. The number of benzene rings is 1. The van der Waals surface area contributed by atoms with Gasteiger partial charge in [-0.25, -0.2) is 9.78 Å². The van der Waals surface area contributed by atoms with Crippen molar-refractivity contribution in [3.8, 4) is 0 Å². The molecule has 0 aliphatic heterocycles. The maximum atomic E-state index is 11.6. The predicted molar refractivity (Wildman–Crippen MR) is 81.0 cm³/mol. The zero-order valence-electron chi connectivity index (χ0n) is 12.0. The van der Waals surface area contributed by atoms with Crippen LogP contribution in [0.2, 0.25) is 0 Å². The van der Waals surface area contributed by atoms with Crippen molar-refractivity contribution in [3.63, 3.8) is 0 Å². The van der Waals surface area contributed by atoms with E-state index in [1.165, 1.54) is 25.7 Å². The Hall–Kier alpha value is -2.04. The molecule has 0 fully saturated rings. The first-order chi connectivity index (χ1) is 9.69. The molecule has 2 aromatic heterocycles. The second-order valence-electron chi connectivity index (χ2n) is 5.37. The average Bonchev–Trinajstić information content (AvgIpc) is 2.94. The van der Waals surface area contributed by atoms with Crippen molar-refractivity contribution in [2.75, 3.05) is 0 Å². The number of aromatic amines is 2. The molecule has 20 heavy (non-hydrogen) atoms. The molecular weight excluding hydrogens is 252 g/mol. The van der Waals surface area contributed by atoms with Crippen LogP contribution < -0.4 is 5.69 Å². The lowest BCUT2D eigenvalue weighted by Crippen LogP contribution is -2.11. The zero-order valence-corrected chi connectivity index (χ0v) is 12.0. The third-order valence-electron chi connectivity index (χ3n) is 3.82. The fraction of sp³-hybridized carbons (Fsp3) is 0.467. The van der Waals surface area contributed by atoms with Crippen molar-refractivity contribution < 1.29 is 0 Å². The van der Waals surface area contributed by atoms with E-state index in [1.807, 2.05) is 12.1 Å². The van der Waals surface area contributed by atoms with Gasteiger partial charge in [-0.15, -0.1) is 0 Å². The molecule has 0 aliphatic carbocycles. The molecule has 106 valence electrons. The van der Waals surface area contributed by atoms with Crippen LogP contribution in [-0.4, -0.2) is 19.5 Å². The van der Waals surface area contributed by atoms with Crippen LogP contribution in [0.25, 0.3) is 22.1 Å². The molecule has 0 atom stereocenters. The number of fused-ring (bicyclic) bond motifs is 2. The first-order valence-corrected chi connectivity index (χ1v) is 7.26. The normalized spacial score (nSPS) is 11.7. The van der Waals surface area contributed by atoms with Gasteiger partial charge in [-0.2, -0.15) is 0 Å². The molecule has 0 saturated carbocycles. The Balaban J connectivity index is 1.91. The fourth-order valence-corrected chi connectivity index (χ4v) is 2.62. The molecule has 0 radical (unpaired) electrons. The molecular formula is C15H20N4O. The summed E-state index contributed by atoms with van der Waals surface area (Å²) in [6.07, 6.45) is 5.94. The quantitative estimate of drug-likeness (QED) is 0.701. The molecule has 0 aliphatic rings. The molecule has 1 aromatic carbocycles. The van der Waals surface area contributed by atoms with Crippen LogP contribution in [0.1, 0.15) is 38.4 Å². The first kappa shape index (κ1) is 13.0. The summed E-state index contributed by atoms with van der Waals surface area (Å²) in [5.41, 5.74) is 3.58. The number of aryl methyl sites for hydroxylation is 2. The van der Waals surface area contributed by atoms with Crippen LogP contribution in [0.3, 0.4) is 0 Å². The van der Waals surface area contributed by atoms with Crippen molar-refractivity contribution in [2.24, 2.45) is 7.05 Å². The van der Waals surface area contributed by atoms with Gasteiger partial charge in [0.25, 0.3) is 0 Å². The van der Waals surface area contributed by atoms with Gasteiger partial charge in [0, 0.05) is 13.5 Å². The van der Waals surface area contributed by atoms with Gasteiger partial charge in [-0.3, -0.25) is 4.57 Å². The summed E-state index contributed by atoms with van der Waals surface area (Å²) in [6.45, 7) is 2.22. The molecule has 2 N–H and O–H groups in total. The lowest BCUT2D eigenvalue weighted by atomic mass is 10.1. The highest BCUT2D eigenvalue weighted by Crippen LogP contribution is 2.19. The highest BCUT2D eigenvalue weighted by Gasteiger charge is 2.08. The van der Waals surface area contributed by atoms with E-state index in [0.29, 0.717) is 0 Å². The van der Waals surface area contributed by atoms with Gasteiger partial charge in [0.2, 0.25) is 0 Å². The van der Waals surface area contributed by atoms with Crippen LogP contribution in [-0.2, 0) is 13.5 Å². The van der Waals surface area contributed by atoms with E-state index in [1.54, 1.807) is 11.6 Å². The van der Waals surface area contributed by atoms with Crippen molar-refractivity contribution in [1.82, 2.24) is 19.5 Å². The van der Waals surface area contributed by atoms with E-state index in [-0.39, 0.29) is 5.69 Å². The van der Waals surface area contributed by atoms with Crippen LogP contribution in [0.15, 0.2) is 16.9 Å². The second kappa shape index (κ2) is 5.15. The summed E-state index contributed by atoms with van der Waals surface area (Å²) in [5, 5.41) is 0. The smallest absolute Gasteiger partial charge is 0.326 e. The number of aromatic nitrogens is 4. The second-order valence-corrected chi connectivity index (χ2v) is 5.37. The minimum absolute atomic E-state index is 0.0903. The molecule has 0 bridgehead atoms. The SMILES string of the molecule is CCCCCCc1nc2cc3c(cc2[nH]1)[nH]c(=O)n3C. The number of H-pyrrole nitrogens is 2. The van der Waals surface area contributed by atoms with Crippen LogP contribution in [0, 0.1) is 0 Å². The number of unbranched alkanes of at least 4 members (excludes halogenated alkanes) is 3. The van der Waals surface area contributed by atoms with Gasteiger partial charge < -0.3 is 9.97 Å². The monoisotopic (exact) mass is 272 g/mol. The predicted octanol–water partition coefficient (Wildman–Crippen LogP) is 2.87. The summed E-state index contributed by atoms with van der Waals surface area (Å²) in [5.74, 6) is 1.04. The van der Waals surface area contributed by atoms with Crippen molar-refractivity contribution in [1.29, 1.82) is 0 Å². The van der Waals surface area contributed by atoms with E-state index >= 15 is 0 Å². The van der Waals surface area contributed by atoms with Crippen molar-refractivity contribution in [3.05, 3.63) is 28.4 Å². The largest absolute Gasteiger partial charge is 0.342 e. The lowest BCUT2D eigenvalue weighted by molar-refractivity contribution is 0.656. The summed E-state index contributed by atoms with van der Waals surface area (Å²) >= 11 is 0. The third-order valence-corrected chi connectivity index (χ3v) is 3.82. The maximum absolute atomic E-state index is 11.6. The van der Waals surface area contributed by atoms with E-state index in [0.717, 1.165) is 34.3 Å². The van der Waals surface area contributed by atoms with E-state index in [9.17, 15) is 4.79 Å². The zero-order chi connectivity index (χ0) is 14.1. The maximum Gasteiger partial charge on any atom is 0.326 e. The molecule has 3 rings (SSSR count). The molecule has 0 spiro atoms. The molecule has 0 saturated heterocycles. The van der Waals surface area contributed by atoms with Crippen LogP contribution in [0.5, 0.6) is 0 Å². The summed E-state index contributed by atoms with van der Waals surface area (Å²) in [4.78, 5) is 22.4. The van der Waals surface area contributed by atoms with Crippen LogP contribution >= 0.6 is 0 Å². The molecule has 5 nitrogen and oxygen atoms in total. The van der Waals surface area contributed by atoms with Crippen LogP contribution in [0.4, 0.5) is 0 Å². The number of hydrogen-bond acceptors (Lipinski definition) is 2. The van der Waals surface area contributed by atoms with Gasteiger partial charge in [0.05, 0.1) is 22.1 Å². The third kappa shape index (κ3) is 2.24. The van der Waals surface area contributed by atoms with E-state index < -0.39 is 0 Å². The van der Waals surface area contributed by atoms with Gasteiger partial charge >= 0.3 is 5.69 Å². The number of rotatable bonds is 5. The lowest BCUT2D eigenvalue weighted by Gasteiger charge is -1.95.